The molecule has 0 saturated carbocycles. The molecule has 2 aromatic rings. The molecular formula is C22H27N3O4. The van der Waals surface area contributed by atoms with E-state index in [1.807, 2.05) is 16.8 Å². The second kappa shape index (κ2) is 8.37. The number of carboxylic acid groups (broad SMARTS) is 1. The first kappa shape index (κ1) is 19.6. The molecule has 0 radical (unpaired) electrons. The average Bonchev–Trinajstić information content (AvgIpc) is 3.35. The van der Waals surface area contributed by atoms with Crippen LogP contribution in [-0.4, -0.2) is 46.0 Å². The first-order valence-corrected chi connectivity index (χ1v) is 10.4. The van der Waals surface area contributed by atoms with Crippen molar-refractivity contribution < 1.29 is 19.4 Å². The van der Waals surface area contributed by atoms with E-state index >= 15 is 0 Å². The Kier molecular flexibility index (Phi) is 5.67. The van der Waals surface area contributed by atoms with Gasteiger partial charge in [0.2, 0.25) is 0 Å². The van der Waals surface area contributed by atoms with Crippen molar-refractivity contribution in [3.8, 4) is 5.69 Å². The summed E-state index contributed by atoms with van der Waals surface area (Å²) in [5.41, 5.74) is 4.50. The third kappa shape index (κ3) is 3.92. The summed E-state index contributed by atoms with van der Waals surface area (Å²) >= 11 is 0. The Labute approximate surface area is 170 Å². The van der Waals surface area contributed by atoms with Crippen LogP contribution in [0.2, 0.25) is 0 Å². The number of aryl methyl sites for hydroxylation is 1. The summed E-state index contributed by atoms with van der Waals surface area (Å²) in [4.78, 5) is 24.8. The predicted octanol–water partition coefficient (Wildman–Crippen LogP) is 2.53. The maximum atomic E-state index is 13.0. The van der Waals surface area contributed by atoms with Gasteiger partial charge in [-0.3, -0.25) is 4.79 Å². The number of benzene rings is 1. The number of ether oxygens (including phenoxy) is 1. The molecule has 154 valence electrons. The number of hydrogen-bond donors (Lipinski definition) is 2. The lowest BCUT2D eigenvalue weighted by Gasteiger charge is -2.27. The summed E-state index contributed by atoms with van der Waals surface area (Å²) in [6.45, 7) is 3.11. The largest absolute Gasteiger partial charge is 0.480 e. The normalized spacial score (nSPS) is 19.6. The number of amides is 1. The zero-order valence-electron chi connectivity index (χ0n) is 16.7. The quantitative estimate of drug-likeness (QED) is 0.781. The van der Waals surface area contributed by atoms with Crippen LogP contribution in [0.25, 0.3) is 5.69 Å². The van der Waals surface area contributed by atoms with E-state index < -0.39 is 17.9 Å². The molecule has 29 heavy (non-hydrogen) atoms. The van der Waals surface area contributed by atoms with Gasteiger partial charge in [-0.15, -0.1) is 0 Å². The molecule has 2 atom stereocenters. The topological polar surface area (TPSA) is 93.5 Å². The fraction of sp³-hybridized carbons (Fsp3) is 0.500. The van der Waals surface area contributed by atoms with Gasteiger partial charge in [0.25, 0.3) is 5.91 Å². The summed E-state index contributed by atoms with van der Waals surface area (Å²) in [7, 11) is 0. The van der Waals surface area contributed by atoms with Gasteiger partial charge in [0.15, 0.2) is 5.69 Å². The van der Waals surface area contributed by atoms with Crippen LogP contribution < -0.4 is 5.32 Å². The highest BCUT2D eigenvalue weighted by molar-refractivity contribution is 5.96. The van der Waals surface area contributed by atoms with E-state index in [1.54, 1.807) is 0 Å². The van der Waals surface area contributed by atoms with Gasteiger partial charge in [0.1, 0.15) is 6.04 Å². The van der Waals surface area contributed by atoms with Crippen molar-refractivity contribution >= 4 is 11.9 Å². The van der Waals surface area contributed by atoms with E-state index in [4.69, 9.17) is 4.74 Å². The van der Waals surface area contributed by atoms with Gasteiger partial charge in [-0.25, -0.2) is 9.48 Å². The minimum absolute atomic E-state index is 0.220. The van der Waals surface area contributed by atoms with Crippen LogP contribution in [0.4, 0.5) is 0 Å². The molecule has 1 fully saturated rings. The lowest BCUT2D eigenvalue weighted by Crippen LogP contribution is -2.48. The molecule has 0 bridgehead atoms. The lowest BCUT2D eigenvalue weighted by atomic mass is 9.93. The molecule has 7 heteroatoms. The summed E-state index contributed by atoms with van der Waals surface area (Å²) in [6, 6.07) is 7.22. The van der Waals surface area contributed by atoms with Crippen LogP contribution in [0.15, 0.2) is 24.3 Å². The first-order valence-electron chi connectivity index (χ1n) is 10.4. The van der Waals surface area contributed by atoms with Crippen LogP contribution in [0.5, 0.6) is 0 Å². The minimum atomic E-state index is -1.03. The second-order valence-electron chi connectivity index (χ2n) is 7.83. The lowest BCUT2D eigenvalue weighted by molar-refractivity contribution is -0.142. The number of nitrogens with one attached hydrogen (secondary N) is 1. The molecule has 4 rings (SSSR count). The maximum absolute atomic E-state index is 13.0. The summed E-state index contributed by atoms with van der Waals surface area (Å²) < 4.78 is 7.26. The summed E-state index contributed by atoms with van der Waals surface area (Å²) in [5, 5.41) is 17.0. The van der Waals surface area contributed by atoms with Crippen LogP contribution >= 0.6 is 0 Å². The highest BCUT2D eigenvalue weighted by Gasteiger charge is 2.34. The molecule has 0 spiro atoms. The highest BCUT2D eigenvalue weighted by atomic mass is 16.5. The van der Waals surface area contributed by atoms with E-state index in [0.29, 0.717) is 18.9 Å². The fourth-order valence-corrected chi connectivity index (χ4v) is 4.33. The highest BCUT2D eigenvalue weighted by Crippen LogP contribution is 2.28. The number of nitrogens with zero attached hydrogens (tertiary/aromatic N) is 2. The Balaban J connectivity index is 1.60. The molecule has 2 heterocycles. The van der Waals surface area contributed by atoms with Crippen LogP contribution in [0.3, 0.4) is 0 Å². The van der Waals surface area contributed by atoms with Crippen LogP contribution in [0, 0.1) is 5.92 Å². The van der Waals surface area contributed by atoms with E-state index in [2.05, 4.69) is 29.5 Å². The van der Waals surface area contributed by atoms with Gasteiger partial charge < -0.3 is 15.2 Å². The molecule has 1 aromatic heterocycles. The standard InChI is InChI=1S/C22H27N3O4/c1-2-14-8-10-16(11-9-14)25-18-7-3-6-17(18)20(24-25)21(26)23-19(22(27)28)15-5-4-12-29-13-15/h8-11,15,19H,2-7,12-13H2,1H3,(H,23,26)(H,27,28). The van der Waals surface area contributed by atoms with E-state index in [-0.39, 0.29) is 5.92 Å². The van der Waals surface area contributed by atoms with Gasteiger partial charge in [0, 0.05) is 23.8 Å². The van der Waals surface area contributed by atoms with Crippen molar-refractivity contribution in [2.45, 2.75) is 51.5 Å². The van der Waals surface area contributed by atoms with Gasteiger partial charge in [-0.05, 0) is 56.2 Å². The molecule has 7 nitrogen and oxygen atoms in total. The number of fused-ring (bicyclic) bond motifs is 1. The van der Waals surface area contributed by atoms with Crippen molar-refractivity contribution in [3.63, 3.8) is 0 Å². The van der Waals surface area contributed by atoms with Crippen molar-refractivity contribution in [1.82, 2.24) is 15.1 Å². The molecule has 1 aromatic carbocycles. The predicted molar refractivity (Wildman–Crippen MR) is 107 cm³/mol. The van der Waals surface area contributed by atoms with Crippen LogP contribution in [0.1, 0.15) is 53.5 Å². The van der Waals surface area contributed by atoms with E-state index in [9.17, 15) is 14.7 Å². The number of carboxylic acids is 1. The number of rotatable bonds is 6. The van der Waals surface area contributed by atoms with E-state index in [0.717, 1.165) is 55.5 Å². The third-order valence-corrected chi connectivity index (χ3v) is 5.95. The monoisotopic (exact) mass is 397 g/mol. The molecule has 1 aliphatic carbocycles. The molecular weight excluding hydrogens is 370 g/mol. The number of aliphatic carboxylic acids is 1. The zero-order valence-corrected chi connectivity index (χ0v) is 16.7. The van der Waals surface area contributed by atoms with Crippen molar-refractivity contribution in [1.29, 1.82) is 0 Å². The van der Waals surface area contributed by atoms with Gasteiger partial charge in [-0.2, -0.15) is 5.10 Å². The number of hydrogen-bond acceptors (Lipinski definition) is 4. The zero-order chi connectivity index (χ0) is 20.4. The Morgan fingerprint density at radius 3 is 2.72 bits per heavy atom. The molecule has 2 unspecified atom stereocenters. The fourth-order valence-electron chi connectivity index (χ4n) is 4.33. The van der Waals surface area contributed by atoms with E-state index in [1.165, 1.54) is 5.56 Å². The number of aromatic nitrogens is 2. The Bertz CT molecular complexity index is 898. The minimum Gasteiger partial charge on any atom is -0.480 e. The average molecular weight is 397 g/mol. The number of carbonyl (C=O) groups is 2. The van der Waals surface area contributed by atoms with Crippen molar-refractivity contribution in [3.05, 3.63) is 46.8 Å². The molecule has 1 amide bonds. The Hall–Kier alpha value is -2.67. The van der Waals surface area contributed by atoms with Crippen LogP contribution in [-0.2, 0) is 28.8 Å². The third-order valence-electron chi connectivity index (χ3n) is 5.95. The number of carbonyl (C=O) groups excluding carboxylic acids is 1. The van der Waals surface area contributed by atoms with Crippen molar-refractivity contribution in [2.75, 3.05) is 13.2 Å². The Morgan fingerprint density at radius 1 is 1.28 bits per heavy atom. The smallest absolute Gasteiger partial charge is 0.326 e. The Morgan fingerprint density at radius 2 is 2.07 bits per heavy atom. The summed E-state index contributed by atoms with van der Waals surface area (Å²) in [5.74, 6) is -1.66. The maximum Gasteiger partial charge on any atom is 0.326 e. The SMILES string of the molecule is CCc1ccc(-n2nc(C(=O)NC(C(=O)O)C3CCCOC3)c3c2CCC3)cc1. The van der Waals surface area contributed by atoms with Gasteiger partial charge in [-0.1, -0.05) is 19.1 Å². The second-order valence-corrected chi connectivity index (χ2v) is 7.83. The summed E-state index contributed by atoms with van der Waals surface area (Å²) in [6.07, 6.45) is 5.13. The van der Waals surface area contributed by atoms with Crippen molar-refractivity contribution in [2.24, 2.45) is 5.92 Å². The first-order chi connectivity index (χ1) is 14.1. The van der Waals surface area contributed by atoms with Gasteiger partial charge in [0.05, 0.1) is 12.3 Å². The molecule has 1 saturated heterocycles. The van der Waals surface area contributed by atoms with Gasteiger partial charge >= 0.3 is 5.97 Å². The molecule has 2 N–H and O–H groups in total. The molecule has 1 aliphatic heterocycles. The molecule has 2 aliphatic rings.